The number of benzene rings is 2. The minimum Gasteiger partial charge on any atom is -0.508 e. The Labute approximate surface area is 177 Å². The minimum absolute atomic E-state index is 0.116. The normalized spacial score (nSPS) is 12.0. The van der Waals surface area contributed by atoms with Gasteiger partial charge in [-0.05, 0) is 24.3 Å². The van der Waals surface area contributed by atoms with E-state index < -0.39 is 0 Å². The highest BCUT2D eigenvalue weighted by atomic mass is 32.1. The van der Waals surface area contributed by atoms with Crippen molar-refractivity contribution in [3.8, 4) is 22.1 Å². The van der Waals surface area contributed by atoms with Crippen molar-refractivity contribution in [2.75, 3.05) is 0 Å². The van der Waals surface area contributed by atoms with Crippen LogP contribution >= 0.6 is 11.3 Å². The fraction of sp³-hybridized carbons (Fsp3) is 0.182. The number of hydrogen-bond donors (Lipinski definition) is 2. The van der Waals surface area contributed by atoms with Gasteiger partial charge in [-0.1, -0.05) is 51.1 Å². The summed E-state index contributed by atoms with van der Waals surface area (Å²) in [6.07, 6.45) is 0. The molecular weight excluding hydrogens is 398 g/mol. The van der Waals surface area contributed by atoms with Gasteiger partial charge in [0.2, 0.25) is 5.13 Å². The highest BCUT2D eigenvalue weighted by molar-refractivity contribution is 7.12. The van der Waals surface area contributed by atoms with Crippen LogP contribution in [-0.2, 0) is 5.41 Å². The highest BCUT2D eigenvalue weighted by Crippen LogP contribution is 2.30. The molecule has 30 heavy (non-hydrogen) atoms. The number of nitrogens with zero attached hydrogens (tertiary/aromatic N) is 4. The number of phenols is 1. The van der Waals surface area contributed by atoms with Crippen molar-refractivity contribution in [2.24, 2.45) is 10.2 Å². The lowest BCUT2D eigenvalue weighted by Crippen LogP contribution is -2.16. The first-order chi connectivity index (χ1) is 14.3. The second kappa shape index (κ2) is 7.72. The van der Waals surface area contributed by atoms with Crippen LogP contribution in [0.3, 0.4) is 0 Å². The second-order valence-corrected chi connectivity index (χ2v) is 8.66. The summed E-state index contributed by atoms with van der Waals surface area (Å²) in [5, 5.41) is 23.5. The molecule has 0 amide bonds. The van der Waals surface area contributed by atoms with Gasteiger partial charge < -0.3 is 5.11 Å². The maximum absolute atomic E-state index is 13.2. The summed E-state index contributed by atoms with van der Waals surface area (Å²) in [5.74, 6) is 0.140. The smallest absolute Gasteiger partial charge is 0.301 e. The zero-order valence-electron chi connectivity index (χ0n) is 16.8. The molecular formula is C22H21N5O2S. The molecule has 4 rings (SSSR count). The molecule has 2 aromatic heterocycles. The van der Waals surface area contributed by atoms with Gasteiger partial charge in [-0.3, -0.25) is 9.89 Å². The Morgan fingerprint density at radius 1 is 1.03 bits per heavy atom. The molecule has 0 radical (unpaired) electrons. The largest absolute Gasteiger partial charge is 0.508 e. The average Bonchev–Trinajstić information content (AvgIpc) is 3.33. The van der Waals surface area contributed by atoms with E-state index in [-0.39, 0.29) is 22.4 Å². The zero-order chi connectivity index (χ0) is 21.3. The van der Waals surface area contributed by atoms with Crippen molar-refractivity contribution >= 4 is 22.7 Å². The zero-order valence-corrected chi connectivity index (χ0v) is 17.6. The summed E-state index contributed by atoms with van der Waals surface area (Å²) < 4.78 is 1.41. The molecule has 0 saturated heterocycles. The van der Waals surface area contributed by atoms with Crippen LogP contribution in [0.4, 0.5) is 11.4 Å². The third kappa shape index (κ3) is 3.95. The summed E-state index contributed by atoms with van der Waals surface area (Å²) >= 11 is 1.40. The molecule has 152 valence electrons. The van der Waals surface area contributed by atoms with Crippen molar-refractivity contribution in [2.45, 2.75) is 26.2 Å². The Morgan fingerprint density at radius 3 is 2.37 bits per heavy atom. The number of H-pyrrole nitrogens is 1. The molecule has 0 aliphatic carbocycles. The first-order valence-corrected chi connectivity index (χ1v) is 10.3. The molecule has 2 heterocycles. The summed E-state index contributed by atoms with van der Waals surface area (Å²) in [7, 11) is 0. The van der Waals surface area contributed by atoms with E-state index in [0.717, 1.165) is 11.3 Å². The highest BCUT2D eigenvalue weighted by Gasteiger charge is 2.22. The average molecular weight is 420 g/mol. The van der Waals surface area contributed by atoms with Crippen LogP contribution < -0.4 is 5.56 Å². The van der Waals surface area contributed by atoms with E-state index in [2.05, 4.69) is 41.1 Å². The van der Waals surface area contributed by atoms with Crippen molar-refractivity contribution in [3.05, 3.63) is 76.0 Å². The van der Waals surface area contributed by atoms with E-state index in [0.29, 0.717) is 16.5 Å². The molecule has 0 fully saturated rings. The third-order valence-corrected chi connectivity index (χ3v) is 5.32. The predicted molar refractivity (Wildman–Crippen MR) is 118 cm³/mol. The van der Waals surface area contributed by atoms with Crippen molar-refractivity contribution < 1.29 is 5.11 Å². The number of nitrogens with one attached hydrogen (secondary N) is 1. The summed E-state index contributed by atoms with van der Waals surface area (Å²) in [6, 6.07) is 15.8. The van der Waals surface area contributed by atoms with Crippen LogP contribution in [0.2, 0.25) is 0 Å². The molecule has 4 aromatic rings. The van der Waals surface area contributed by atoms with Crippen LogP contribution in [0.25, 0.3) is 16.4 Å². The Morgan fingerprint density at radius 2 is 1.73 bits per heavy atom. The van der Waals surface area contributed by atoms with Crippen LogP contribution in [0.1, 0.15) is 26.5 Å². The van der Waals surface area contributed by atoms with Crippen LogP contribution in [-0.4, -0.2) is 19.9 Å². The monoisotopic (exact) mass is 419 g/mol. The number of phenolic OH excluding ortho intramolecular Hbond substituents is 1. The van der Waals surface area contributed by atoms with Gasteiger partial charge in [0.05, 0.1) is 17.1 Å². The Hall–Kier alpha value is -3.52. The topological polar surface area (TPSA) is 95.6 Å². The number of aromatic hydroxyl groups is 1. The van der Waals surface area contributed by atoms with E-state index in [1.165, 1.54) is 28.2 Å². The molecule has 0 unspecified atom stereocenters. The fourth-order valence-corrected chi connectivity index (χ4v) is 3.81. The molecule has 0 saturated carbocycles. The van der Waals surface area contributed by atoms with Gasteiger partial charge in [0.25, 0.3) is 0 Å². The minimum atomic E-state index is -0.328. The van der Waals surface area contributed by atoms with Gasteiger partial charge >= 0.3 is 5.56 Å². The lowest BCUT2D eigenvalue weighted by atomic mass is 9.93. The Balaban J connectivity index is 1.83. The van der Waals surface area contributed by atoms with Gasteiger partial charge in [0, 0.05) is 16.4 Å². The Bertz CT molecular complexity index is 1250. The quantitative estimate of drug-likeness (QED) is 0.415. The molecule has 2 aromatic carbocycles. The molecule has 8 heteroatoms. The van der Waals surface area contributed by atoms with E-state index in [1.54, 1.807) is 12.1 Å². The maximum atomic E-state index is 13.2. The summed E-state index contributed by atoms with van der Waals surface area (Å²) in [5.41, 5.74) is 2.58. The van der Waals surface area contributed by atoms with Gasteiger partial charge in [-0.2, -0.15) is 9.80 Å². The maximum Gasteiger partial charge on any atom is 0.301 e. The summed E-state index contributed by atoms with van der Waals surface area (Å²) in [6.45, 7) is 6.24. The van der Waals surface area contributed by atoms with Crippen LogP contribution in [0.5, 0.6) is 5.75 Å². The SMILES string of the molecule is CC(C)(C)c1csc(-n2[nH]c(-c3ccccc3)c(N=Nc3ccc(O)cc3)c2=O)n1. The first kappa shape index (κ1) is 19.8. The second-order valence-electron chi connectivity index (χ2n) is 7.82. The van der Waals surface area contributed by atoms with Crippen LogP contribution in [0, 0.1) is 0 Å². The molecule has 0 aliphatic heterocycles. The number of azo groups is 1. The van der Waals surface area contributed by atoms with Crippen LogP contribution in [0.15, 0.2) is 75.0 Å². The van der Waals surface area contributed by atoms with Crippen molar-refractivity contribution in [3.63, 3.8) is 0 Å². The summed E-state index contributed by atoms with van der Waals surface area (Å²) in [4.78, 5) is 17.8. The fourth-order valence-electron chi connectivity index (χ4n) is 2.80. The van der Waals surface area contributed by atoms with E-state index in [1.807, 2.05) is 35.7 Å². The number of aromatic nitrogens is 3. The molecule has 7 nitrogen and oxygen atoms in total. The molecule has 0 spiro atoms. The lowest BCUT2D eigenvalue weighted by Gasteiger charge is -2.14. The predicted octanol–water partition coefficient (Wildman–Crippen LogP) is 5.71. The third-order valence-electron chi connectivity index (χ3n) is 4.50. The van der Waals surface area contributed by atoms with E-state index in [4.69, 9.17) is 0 Å². The molecule has 0 aliphatic rings. The standard InChI is InChI=1S/C22H21N5O2S/c1-22(2,3)17-13-30-21(23-17)27-20(29)19(18(26-27)14-7-5-4-6-8-14)25-24-15-9-11-16(28)12-10-15/h4-13,26,28H,1-3H3. The lowest BCUT2D eigenvalue weighted by molar-refractivity contribution is 0.475. The number of aromatic amines is 1. The Kier molecular flexibility index (Phi) is 5.09. The molecule has 2 N–H and O–H groups in total. The van der Waals surface area contributed by atoms with Gasteiger partial charge in [-0.15, -0.1) is 16.5 Å². The van der Waals surface area contributed by atoms with Gasteiger partial charge in [0.1, 0.15) is 5.75 Å². The van der Waals surface area contributed by atoms with Gasteiger partial charge in [0.15, 0.2) is 5.69 Å². The number of thiazole rings is 1. The number of hydrogen-bond acceptors (Lipinski definition) is 6. The number of rotatable bonds is 4. The van der Waals surface area contributed by atoms with E-state index in [9.17, 15) is 9.90 Å². The molecule has 0 bridgehead atoms. The van der Waals surface area contributed by atoms with Gasteiger partial charge in [-0.25, -0.2) is 4.98 Å². The molecule has 0 atom stereocenters. The van der Waals surface area contributed by atoms with E-state index >= 15 is 0 Å². The van der Waals surface area contributed by atoms with Crippen molar-refractivity contribution in [1.29, 1.82) is 0 Å². The van der Waals surface area contributed by atoms with Crippen molar-refractivity contribution in [1.82, 2.24) is 14.8 Å². The first-order valence-electron chi connectivity index (χ1n) is 9.40.